The van der Waals surface area contributed by atoms with Crippen molar-refractivity contribution in [3.63, 3.8) is 0 Å². The lowest BCUT2D eigenvalue weighted by Crippen LogP contribution is -2.49. The molecule has 6 rings (SSSR count). The van der Waals surface area contributed by atoms with Gasteiger partial charge in [0.2, 0.25) is 0 Å². The van der Waals surface area contributed by atoms with E-state index < -0.39 is 0 Å². The van der Waals surface area contributed by atoms with Crippen LogP contribution in [-0.2, 0) is 0 Å². The van der Waals surface area contributed by atoms with Crippen molar-refractivity contribution < 1.29 is 4.74 Å². The van der Waals surface area contributed by atoms with E-state index in [1.165, 1.54) is 19.3 Å². The number of aromatic amines is 1. The molecule has 0 radical (unpaired) electrons. The van der Waals surface area contributed by atoms with Gasteiger partial charge < -0.3 is 14.6 Å². The number of methoxy groups -OCH3 is 1. The van der Waals surface area contributed by atoms with E-state index in [1.54, 1.807) is 7.11 Å². The van der Waals surface area contributed by atoms with E-state index in [9.17, 15) is 4.79 Å². The standard InChI is InChI=1S/C29H35N7O2/c1-20-12-13-21-19-23(29(37)30-24(21)18-20)27(28-31-32-33-36(28)22-8-4-3-5-9-22)35-16-14-34(15-17-35)25-10-6-7-11-26(25)38-2/h6-7,10-13,18-19,22,27H,3-5,8-9,14-17H2,1-2H3,(H,30,37)/t27-/m0/s1. The van der Waals surface area contributed by atoms with Gasteiger partial charge in [-0.1, -0.05) is 43.5 Å². The lowest BCUT2D eigenvalue weighted by molar-refractivity contribution is 0.192. The molecule has 1 saturated heterocycles. The third-order valence-electron chi connectivity index (χ3n) is 8.11. The molecule has 0 spiro atoms. The minimum atomic E-state index is -0.332. The number of pyridine rings is 1. The average Bonchev–Trinajstić information content (AvgIpc) is 3.44. The first-order valence-electron chi connectivity index (χ1n) is 13.7. The first kappa shape index (κ1) is 24.6. The summed E-state index contributed by atoms with van der Waals surface area (Å²) >= 11 is 0. The van der Waals surface area contributed by atoms with Gasteiger partial charge in [-0.2, -0.15) is 0 Å². The Labute approximate surface area is 222 Å². The minimum absolute atomic E-state index is 0.0848. The maximum absolute atomic E-state index is 13.6. The molecule has 9 nitrogen and oxygen atoms in total. The normalized spacial score (nSPS) is 18.1. The number of tetrazole rings is 1. The monoisotopic (exact) mass is 513 g/mol. The largest absolute Gasteiger partial charge is 0.495 e. The Morgan fingerprint density at radius 1 is 1.00 bits per heavy atom. The Hall–Kier alpha value is -3.72. The maximum Gasteiger partial charge on any atom is 0.253 e. The molecule has 2 aromatic carbocycles. The average molecular weight is 514 g/mol. The fourth-order valence-electron chi connectivity index (χ4n) is 6.11. The highest BCUT2D eigenvalue weighted by atomic mass is 16.5. The van der Waals surface area contributed by atoms with Gasteiger partial charge in [-0.15, -0.1) is 5.10 Å². The molecular weight excluding hydrogens is 478 g/mol. The molecule has 2 fully saturated rings. The highest BCUT2D eigenvalue weighted by Crippen LogP contribution is 2.35. The third kappa shape index (κ3) is 4.67. The molecule has 1 atom stereocenters. The van der Waals surface area contributed by atoms with Gasteiger partial charge in [0.15, 0.2) is 5.82 Å². The summed E-state index contributed by atoms with van der Waals surface area (Å²) in [5.41, 5.74) is 3.67. The molecule has 9 heteroatoms. The van der Waals surface area contributed by atoms with E-state index in [0.29, 0.717) is 5.56 Å². The van der Waals surface area contributed by atoms with Crippen molar-refractivity contribution in [2.24, 2.45) is 0 Å². The Morgan fingerprint density at radius 3 is 2.58 bits per heavy atom. The zero-order chi connectivity index (χ0) is 26.1. The Bertz CT molecular complexity index is 1470. The number of nitrogens with zero attached hydrogens (tertiary/aromatic N) is 6. The van der Waals surface area contributed by atoms with E-state index in [0.717, 1.165) is 72.7 Å². The van der Waals surface area contributed by atoms with Crippen LogP contribution in [0.5, 0.6) is 5.75 Å². The van der Waals surface area contributed by atoms with Crippen molar-refractivity contribution in [3.05, 3.63) is 75.8 Å². The fourth-order valence-corrected chi connectivity index (χ4v) is 6.11. The van der Waals surface area contributed by atoms with E-state index in [-0.39, 0.29) is 17.6 Å². The summed E-state index contributed by atoms with van der Waals surface area (Å²) < 4.78 is 7.63. The van der Waals surface area contributed by atoms with Gasteiger partial charge >= 0.3 is 0 Å². The number of piperazine rings is 1. The lowest BCUT2D eigenvalue weighted by Gasteiger charge is -2.40. The first-order valence-corrected chi connectivity index (χ1v) is 13.7. The van der Waals surface area contributed by atoms with Gasteiger partial charge in [-0.25, -0.2) is 4.68 Å². The molecule has 0 bridgehead atoms. The smallest absolute Gasteiger partial charge is 0.253 e. The number of fused-ring (bicyclic) bond motifs is 1. The molecule has 2 aliphatic rings. The molecule has 38 heavy (non-hydrogen) atoms. The maximum atomic E-state index is 13.6. The topological polar surface area (TPSA) is 92.2 Å². The van der Waals surface area contributed by atoms with Crippen LogP contribution in [0.3, 0.4) is 0 Å². The minimum Gasteiger partial charge on any atom is -0.495 e. The van der Waals surface area contributed by atoms with Crippen LogP contribution in [0.15, 0.2) is 53.3 Å². The van der Waals surface area contributed by atoms with Crippen LogP contribution < -0.4 is 15.2 Å². The van der Waals surface area contributed by atoms with Crippen LogP contribution in [-0.4, -0.2) is 63.4 Å². The molecular formula is C29H35N7O2. The lowest BCUT2D eigenvalue weighted by atomic mass is 9.95. The number of aryl methyl sites for hydroxylation is 1. The summed E-state index contributed by atoms with van der Waals surface area (Å²) in [6.45, 7) is 5.20. The van der Waals surface area contributed by atoms with Crippen molar-refractivity contribution in [1.29, 1.82) is 0 Å². The third-order valence-corrected chi connectivity index (χ3v) is 8.11. The number of H-pyrrole nitrogens is 1. The summed E-state index contributed by atoms with van der Waals surface area (Å²) in [6, 6.07) is 16.3. The van der Waals surface area contributed by atoms with Crippen LogP contribution in [0.4, 0.5) is 5.69 Å². The van der Waals surface area contributed by atoms with Crippen molar-refractivity contribution in [3.8, 4) is 5.75 Å². The van der Waals surface area contributed by atoms with E-state index in [1.807, 2.05) is 41.9 Å². The highest BCUT2D eigenvalue weighted by Gasteiger charge is 2.34. The van der Waals surface area contributed by atoms with Gasteiger partial charge in [0, 0.05) is 37.3 Å². The number of benzene rings is 2. The van der Waals surface area contributed by atoms with Crippen molar-refractivity contribution in [1.82, 2.24) is 30.1 Å². The molecule has 3 heterocycles. The molecule has 1 N–H and O–H groups in total. The Balaban J connectivity index is 1.38. The predicted molar refractivity (Wildman–Crippen MR) is 148 cm³/mol. The SMILES string of the molecule is COc1ccccc1N1CCN([C@@H](c2cc3ccc(C)cc3[nH]c2=O)c2nnnn2C2CCCCC2)CC1. The molecule has 0 unspecified atom stereocenters. The zero-order valence-electron chi connectivity index (χ0n) is 22.1. The summed E-state index contributed by atoms with van der Waals surface area (Å²) in [5, 5.41) is 14.2. The number of hydrogen-bond donors (Lipinski definition) is 1. The zero-order valence-corrected chi connectivity index (χ0v) is 22.1. The second kappa shape index (κ2) is 10.6. The highest BCUT2D eigenvalue weighted by molar-refractivity contribution is 5.79. The summed E-state index contributed by atoms with van der Waals surface area (Å²) in [5.74, 6) is 1.64. The summed E-state index contributed by atoms with van der Waals surface area (Å²) in [4.78, 5) is 21.4. The van der Waals surface area contributed by atoms with E-state index >= 15 is 0 Å². The summed E-state index contributed by atoms with van der Waals surface area (Å²) in [6.07, 6.45) is 5.76. The molecule has 2 aromatic heterocycles. The predicted octanol–water partition coefficient (Wildman–Crippen LogP) is 4.25. The van der Waals surface area contributed by atoms with Crippen LogP contribution in [0.1, 0.15) is 61.1 Å². The molecule has 1 aliphatic carbocycles. The number of aromatic nitrogens is 5. The molecule has 4 aromatic rings. The van der Waals surface area contributed by atoms with Gasteiger partial charge in [0.05, 0.1) is 18.8 Å². The van der Waals surface area contributed by atoms with Gasteiger partial charge in [-0.05, 0) is 65.4 Å². The van der Waals surface area contributed by atoms with Crippen molar-refractivity contribution in [2.45, 2.75) is 51.1 Å². The van der Waals surface area contributed by atoms with Crippen LogP contribution in [0.25, 0.3) is 10.9 Å². The van der Waals surface area contributed by atoms with E-state index in [4.69, 9.17) is 4.74 Å². The number of ether oxygens (including phenoxy) is 1. The number of rotatable bonds is 6. The van der Waals surface area contributed by atoms with Crippen LogP contribution in [0, 0.1) is 6.92 Å². The summed E-state index contributed by atoms with van der Waals surface area (Å²) in [7, 11) is 1.71. The number of para-hydroxylation sites is 2. The Kier molecular flexibility index (Phi) is 6.84. The number of hydrogen-bond acceptors (Lipinski definition) is 7. The second-order valence-electron chi connectivity index (χ2n) is 10.5. The van der Waals surface area contributed by atoms with E-state index in [2.05, 4.69) is 48.5 Å². The molecule has 1 saturated carbocycles. The van der Waals surface area contributed by atoms with Crippen LogP contribution >= 0.6 is 0 Å². The fraction of sp³-hybridized carbons (Fsp3) is 0.448. The second-order valence-corrected chi connectivity index (χ2v) is 10.5. The van der Waals surface area contributed by atoms with Gasteiger partial charge in [0.1, 0.15) is 11.8 Å². The van der Waals surface area contributed by atoms with Crippen molar-refractivity contribution >= 4 is 16.6 Å². The first-order chi connectivity index (χ1) is 18.6. The van der Waals surface area contributed by atoms with Crippen LogP contribution in [0.2, 0.25) is 0 Å². The number of anilines is 1. The molecule has 1 aliphatic heterocycles. The Morgan fingerprint density at radius 2 is 1.79 bits per heavy atom. The van der Waals surface area contributed by atoms with Gasteiger partial charge in [0.25, 0.3) is 5.56 Å². The molecule has 0 amide bonds. The molecule has 198 valence electrons. The quantitative estimate of drug-likeness (QED) is 0.412. The van der Waals surface area contributed by atoms with Gasteiger partial charge in [-0.3, -0.25) is 9.69 Å². The number of nitrogens with one attached hydrogen (secondary N) is 1. The van der Waals surface area contributed by atoms with Crippen molar-refractivity contribution in [2.75, 3.05) is 38.2 Å².